The SMILES string of the molecule is CCOC(=O)c1noc(C2CC2)c1C(=O)c1ccc(-c2nnn[nH]2)c(SC)c1SC. The molecule has 0 spiro atoms. The van der Waals surface area contributed by atoms with Gasteiger partial charge >= 0.3 is 5.97 Å². The van der Waals surface area contributed by atoms with Crippen LogP contribution in [0.1, 0.15) is 57.9 Å². The third-order valence-corrected chi connectivity index (χ3v) is 6.52. The second kappa shape index (κ2) is 8.60. The molecule has 2 aromatic heterocycles. The summed E-state index contributed by atoms with van der Waals surface area (Å²) in [4.78, 5) is 27.7. The summed E-state index contributed by atoms with van der Waals surface area (Å²) >= 11 is 2.94. The van der Waals surface area contributed by atoms with Crippen molar-refractivity contribution in [3.63, 3.8) is 0 Å². The molecule has 1 aromatic carbocycles. The highest BCUT2D eigenvalue weighted by Gasteiger charge is 2.38. The quantitative estimate of drug-likeness (QED) is 0.312. The van der Waals surface area contributed by atoms with Gasteiger partial charge in [-0.15, -0.1) is 28.6 Å². The summed E-state index contributed by atoms with van der Waals surface area (Å²) in [5.41, 5.74) is 1.41. The molecule has 3 aromatic rings. The zero-order valence-corrected chi connectivity index (χ0v) is 18.2. The average Bonchev–Trinajstić information content (AvgIpc) is 3.27. The van der Waals surface area contributed by atoms with Crippen molar-refractivity contribution in [1.29, 1.82) is 0 Å². The summed E-state index contributed by atoms with van der Waals surface area (Å²) in [6.45, 7) is 1.89. The predicted octanol–water partition coefficient (Wildman–Crippen LogP) is 3.58. The van der Waals surface area contributed by atoms with Crippen LogP contribution in [0, 0.1) is 0 Å². The van der Waals surface area contributed by atoms with Crippen LogP contribution < -0.4 is 0 Å². The van der Waals surface area contributed by atoms with Crippen molar-refractivity contribution in [2.75, 3.05) is 19.1 Å². The van der Waals surface area contributed by atoms with E-state index in [0.717, 1.165) is 28.2 Å². The first-order valence-electron chi connectivity index (χ1n) is 9.31. The van der Waals surface area contributed by atoms with Crippen LogP contribution in [0.5, 0.6) is 0 Å². The summed E-state index contributed by atoms with van der Waals surface area (Å²) in [7, 11) is 0. The molecule has 0 amide bonds. The van der Waals surface area contributed by atoms with Crippen LogP contribution in [-0.2, 0) is 4.74 Å². The van der Waals surface area contributed by atoms with Gasteiger partial charge in [0, 0.05) is 26.8 Å². The summed E-state index contributed by atoms with van der Waals surface area (Å²) in [6, 6.07) is 3.53. The van der Waals surface area contributed by atoms with Gasteiger partial charge in [-0.3, -0.25) is 4.79 Å². The first-order valence-corrected chi connectivity index (χ1v) is 11.8. The summed E-state index contributed by atoms with van der Waals surface area (Å²) in [6.07, 6.45) is 5.63. The van der Waals surface area contributed by atoms with Gasteiger partial charge < -0.3 is 9.26 Å². The van der Waals surface area contributed by atoms with Gasteiger partial charge in [0.05, 0.1) is 6.61 Å². The number of benzene rings is 1. The van der Waals surface area contributed by atoms with E-state index in [-0.39, 0.29) is 29.6 Å². The zero-order chi connectivity index (χ0) is 21.3. The smallest absolute Gasteiger partial charge is 0.361 e. The maximum atomic E-state index is 13.7. The number of ketones is 1. The monoisotopic (exact) mass is 445 g/mol. The van der Waals surface area contributed by atoms with Gasteiger partial charge in [-0.05, 0) is 54.8 Å². The number of hydrogen-bond donors (Lipinski definition) is 1. The normalized spacial score (nSPS) is 13.4. The van der Waals surface area contributed by atoms with Crippen LogP contribution in [0.2, 0.25) is 0 Å². The molecule has 0 saturated heterocycles. The standard InChI is InChI=1S/C19H19N5O4S2/c1-4-27-19(26)13-12(15(28-22-13)9-5-6-9)14(25)10-7-8-11(18-20-23-24-21-18)17(30-3)16(10)29-2/h7-9H,4-6H2,1-3H3,(H,20,21,23,24). The molecule has 1 saturated carbocycles. The lowest BCUT2D eigenvalue weighted by molar-refractivity contribution is 0.0512. The molecular formula is C19H19N5O4S2. The highest BCUT2D eigenvalue weighted by atomic mass is 32.2. The van der Waals surface area contributed by atoms with E-state index < -0.39 is 5.97 Å². The molecule has 1 aliphatic carbocycles. The maximum absolute atomic E-state index is 13.7. The van der Waals surface area contributed by atoms with Crippen molar-refractivity contribution in [3.8, 4) is 11.4 Å². The Hall–Kier alpha value is -2.66. The van der Waals surface area contributed by atoms with Gasteiger partial charge in [-0.25, -0.2) is 9.89 Å². The number of carbonyl (C=O) groups is 2. The minimum atomic E-state index is -0.656. The van der Waals surface area contributed by atoms with Gasteiger partial charge in [-0.2, -0.15) is 0 Å². The number of nitrogens with zero attached hydrogens (tertiary/aromatic N) is 4. The van der Waals surface area contributed by atoms with Crippen LogP contribution in [0.4, 0.5) is 0 Å². The van der Waals surface area contributed by atoms with Gasteiger partial charge in [-0.1, -0.05) is 5.16 Å². The number of nitrogens with one attached hydrogen (secondary N) is 1. The topological polar surface area (TPSA) is 124 Å². The van der Waals surface area contributed by atoms with Crippen molar-refractivity contribution in [1.82, 2.24) is 25.8 Å². The number of hydrogen-bond acceptors (Lipinski definition) is 10. The number of tetrazole rings is 1. The highest BCUT2D eigenvalue weighted by molar-refractivity contribution is 8.01. The van der Waals surface area contributed by atoms with Crippen LogP contribution in [-0.4, -0.2) is 56.7 Å². The van der Waals surface area contributed by atoms with E-state index in [1.165, 1.54) is 23.5 Å². The molecule has 4 rings (SSSR count). The molecule has 0 unspecified atom stereocenters. The van der Waals surface area contributed by atoms with Crippen molar-refractivity contribution >= 4 is 35.3 Å². The van der Waals surface area contributed by atoms with E-state index in [1.54, 1.807) is 19.1 Å². The largest absolute Gasteiger partial charge is 0.461 e. The molecule has 1 fully saturated rings. The molecular weight excluding hydrogens is 426 g/mol. The second-order valence-electron chi connectivity index (χ2n) is 6.57. The fourth-order valence-corrected chi connectivity index (χ4v) is 5.08. The fourth-order valence-electron chi connectivity index (χ4n) is 3.23. The van der Waals surface area contributed by atoms with Gasteiger partial charge in [0.2, 0.25) is 5.69 Å². The van der Waals surface area contributed by atoms with Gasteiger partial charge in [0.25, 0.3) is 0 Å². The Morgan fingerprint density at radius 3 is 2.60 bits per heavy atom. The Balaban J connectivity index is 1.84. The molecule has 156 valence electrons. The summed E-state index contributed by atoms with van der Waals surface area (Å²) < 4.78 is 10.5. The number of rotatable bonds is 8. The number of esters is 1. The van der Waals surface area contributed by atoms with Crippen molar-refractivity contribution in [2.45, 2.75) is 35.5 Å². The third-order valence-electron chi connectivity index (χ3n) is 4.73. The first kappa shape index (κ1) is 20.6. The molecule has 11 heteroatoms. The molecule has 0 bridgehead atoms. The number of H-pyrrole nitrogens is 1. The Labute approximate surface area is 180 Å². The van der Waals surface area contributed by atoms with Crippen LogP contribution in [0.25, 0.3) is 11.4 Å². The zero-order valence-electron chi connectivity index (χ0n) is 16.6. The summed E-state index contributed by atoms with van der Waals surface area (Å²) in [5, 5.41) is 17.9. The van der Waals surface area contributed by atoms with Gasteiger partial charge in [0.1, 0.15) is 5.56 Å². The van der Waals surface area contributed by atoms with E-state index >= 15 is 0 Å². The van der Waals surface area contributed by atoms with Crippen molar-refractivity contribution in [2.24, 2.45) is 0 Å². The molecule has 2 heterocycles. The van der Waals surface area contributed by atoms with E-state index in [4.69, 9.17) is 9.26 Å². The maximum Gasteiger partial charge on any atom is 0.361 e. The first-order chi connectivity index (χ1) is 14.6. The van der Waals surface area contributed by atoms with E-state index in [2.05, 4.69) is 25.8 Å². The lowest BCUT2D eigenvalue weighted by Gasteiger charge is -2.14. The Morgan fingerprint density at radius 1 is 1.23 bits per heavy atom. The minimum absolute atomic E-state index is 0.0648. The minimum Gasteiger partial charge on any atom is -0.461 e. The second-order valence-corrected chi connectivity index (χ2v) is 8.20. The number of thioether (sulfide) groups is 2. The lowest BCUT2D eigenvalue weighted by atomic mass is 9.98. The van der Waals surface area contributed by atoms with Crippen LogP contribution in [0.3, 0.4) is 0 Å². The number of aromatic amines is 1. The third kappa shape index (κ3) is 3.63. The molecule has 0 radical (unpaired) electrons. The predicted molar refractivity (Wildman–Crippen MR) is 111 cm³/mol. The number of carbonyl (C=O) groups excluding carboxylic acids is 2. The molecule has 1 N–H and O–H groups in total. The highest BCUT2D eigenvalue weighted by Crippen LogP contribution is 2.44. The van der Waals surface area contributed by atoms with E-state index in [0.29, 0.717) is 17.1 Å². The van der Waals surface area contributed by atoms with E-state index in [9.17, 15) is 9.59 Å². The molecule has 1 aliphatic rings. The van der Waals surface area contributed by atoms with Crippen LogP contribution >= 0.6 is 23.5 Å². The fraction of sp³-hybridized carbons (Fsp3) is 0.368. The van der Waals surface area contributed by atoms with Gasteiger partial charge in [0.15, 0.2) is 17.4 Å². The van der Waals surface area contributed by atoms with Crippen molar-refractivity contribution in [3.05, 3.63) is 34.7 Å². The molecule has 0 atom stereocenters. The molecule has 0 aliphatic heterocycles. The Bertz CT molecular complexity index is 1090. The Morgan fingerprint density at radius 2 is 2.00 bits per heavy atom. The summed E-state index contributed by atoms with van der Waals surface area (Å²) in [5.74, 6) is 0.130. The number of ether oxygens (including phenoxy) is 1. The van der Waals surface area contributed by atoms with Crippen molar-refractivity contribution < 1.29 is 18.8 Å². The molecule has 30 heavy (non-hydrogen) atoms. The Kier molecular flexibility index (Phi) is 5.91. The lowest BCUT2D eigenvalue weighted by Crippen LogP contribution is -2.14. The van der Waals surface area contributed by atoms with Crippen LogP contribution in [0.15, 0.2) is 26.4 Å². The number of aromatic nitrogens is 5. The van der Waals surface area contributed by atoms with E-state index in [1.807, 2.05) is 12.5 Å². The molecule has 9 nitrogen and oxygen atoms in total. The average molecular weight is 446 g/mol.